The van der Waals surface area contributed by atoms with Crippen molar-refractivity contribution in [2.45, 2.75) is 12.1 Å². The maximum atomic E-state index is 13.5. The molecule has 2 heterocycles. The Labute approximate surface area is 184 Å². The Bertz CT molecular complexity index is 1120. The standard InChI is InChI=1S/C24H19ClN2O4/c1-30-19-13-11-17(12-14-19)26-23(28)20-21(15-7-9-16(25)10-8-15)27(31-22(20)24(26)29)18-5-3-2-4-6-18/h2-14,20-22H,1H3/t20-,21-,22+/m0/s1. The van der Waals surface area contributed by atoms with E-state index in [0.717, 1.165) is 11.3 Å². The smallest absolute Gasteiger partial charge is 0.266 e. The molecule has 3 aromatic carbocycles. The Kier molecular flexibility index (Phi) is 4.88. The van der Waals surface area contributed by atoms with Crippen molar-refractivity contribution >= 4 is 34.8 Å². The number of hydrogen-bond donors (Lipinski definition) is 0. The molecule has 2 amide bonds. The first-order valence-corrected chi connectivity index (χ1v) is 10.2. The molecule has 0 unspecified atom stereocenters. The fraction of sp³-hybridized carbons (Fsp3) is 0.167. The van der Waals surface area contributed by atoms with Crippen LogP contribution in [0.25, 0.3) is 0 Å². The molecule has 0 N–H and O–H groups in total. The second kappa shape index (κ2) is 7.72. The number of rotatable bonds is 4. The minimum atomic E-state index is -0.907. The van der Waals surface area contributed by atoms with Crippen LogP contribution in [0.5, 0.6) is 5.75 Å². The third-order valence-electron chi connectivity index (χ3n) is 5.67. The normalized spacial score (nSPS) is 22.7. The van der Waals surface area contributed by atoms with Gasteiger partial charge in [0.15, 0.2) is 6.10 Å². The fourth-order valence-corrected chi connectivity index (χ4v) is 4.32. The SMILES string of the molecule is COc1ccc(N2C(=O)[C@@H]3[C@@H](ON(c4ccccc4)[C@H]3c3ccc(Cl)cc3)C2=O)cc1. The summed E-state index contributed by atoms with van der Waals surface area (Å²) < 4.78 is 5.18. The van der Waals surface area contributed by atoms with Gasteiger partial charge in [-0.1, -0.05) is 41.9 Å². The summed E-state index contributed by atoms with van der Waals surface area (Å²) in [6.07, 6.45) is -0.907. The second-order valence-electron chi connectivity index (χ2n) is 7.42. The van der Waals surface area contributed by atoms with Gasteiger partial charge in [-0.25, -0.2) is 9.96 Å². The van der Waals surface area contributed by atoms with E-state index in [2.05, 4.69) is 0 Å². The van der Waals surface area contributed by atoms with Crippen LogP contribution in [0.4, 0.5) is 11.4 Å². The van der Waals surface area contributed by atoms with Crippen LogP contribution < -0.4 is 14.7 Å². The summed E-state index contributed by atoms with van der Waals surface area (Å²) in [4.78, 5) is 34.1. The molecule has 0 aliphatic carbocycles. The number of imide groups is 1. The third kappa shape index (κ3) is 3.24. The Morgan fingerprint density at radius 3 is 2.16 bits per heavy atom. The molecular weight excluding hydrogens is 416 g/mol. The van der Waals surface area contributed by atoms with E-state index in [1.165, 1.54) is 4.90 Å². The average Bonchev–Trinajstić information content (AvgIpc) is 3.31. The van der Waals surface area contributed by atoms with Crippen LogP contribution in [-0.4, -0.2) is 25.0 Å². The molecule has 2 fully saturated rings. The molecule has 5 rings (SSSR count). The highest BCUT2D eigenvalue weighted by molar-refractivity contribution is 6.30. The topological polar surface area (TPSA) is 59.1 Å². The predicted molar refractivity (Wildman–Crippen MR) is 117 cm³/mol. The number of fused-ring (bicyclic) bond motifs is 1. The van der Waals surface area contributed by atoms with E-state index in [1.54, 1.807) is 48.6 Å². The van der Waals surface area contributed by atoms with Crippen LogP contribution in [0.1, 0.15) is 11.6 Å². The molecule has 7 heteroatoms. The molecule has 31 heavy (non-hydrogen) atoms. The number of amides is 2. The largest absolute Gasteiger partial charge is 0.497 e. The molecule has 0 aromatic heterocycles. The van der Waals surface area contributed by atoms with Crippen LogP contribution in [0.3, 0.4) is 0 Å². The monoisotopic (exact) mass is 434 g/mol. The van der Waals surface area contributed by atoms with E-state index in [0.29, 0.717) is 16.5 Å². The highest BCUT2D eigenvalue weighted by Gasteiger charge is 2.60. The van der Waals surface area contributed by atoms with Crippen molar-refractivity contribution in [3.63, 3.8) is 0 Å². The maximum Gasteiger partial charge on any atom is 0.266 e. The lowest BCUT2D eigenvalue weighted by atomic mass is 9.90. The van der Waals surface area contributed by atoms with Gasteiger partial charge in [0.2, 0.25) is 5.91 Å². The average molecular weight is 435 g/mol. The molecule has 3 aromatic rings. The molecule has 2 aliphatic heterocycles. The number of nitrogens with zero attached hydrogens (tertiary/aromatic N) is 2. The first-order valence-electron chi connectivity index (χ1n) is 9.87. The number of benzene rings is 3. The molecule has 2 aliphatic rings. The molecule has 156 valence electrons. The van der Waals surface area contributed by atoms with Gasteiger partial charge in [0.05, 0.1) is 24.5 Å². The van der Waals surface area contributed by atoms with Crippen molar-refractivity contribution in [2.75, 3.05) is 17.1 Å². The molecule has 0 saturated carbocycles. The molecule has 0 spiro atoms. The number of para-hydroxylation sites is 1. The highest BCUT2D eigenvalue weighted by Crippen LogP contribution is 2.47. The Hall–Kier alpha value is -3.35. The van der Waals surface area contributed by atoms with Gasteiger partial charge in [-0.05, 0) is 54.1 Å². The Balaban J connectivity index is 1.56. The molecule has 3 atom stereocenters. The number of carbonyl (C=O) groups is 2. The first kappa shape index (κ1) is 19.6. The predicted octanol–water partition coefficient (Wildman–Crippen LogP) is 4.40. The van der Waals surface area contributed by atoms with Gasteiger partial charge in [-0.15, -0.1) is 0 Å². The number of carbonyl (C=O) groups excluding carboxylic acids is 2. The number of halogens is 1. The third-order valence-corrected chi connectivity index (χ3v) is 5.92. The summed E-state index contributed by atoms with van der Waals surface area (Å²) in [5, 5.41) is 2.26. The zero-order valence-corrected chi connectivity index (χ0v) is 17.4. The van der Waals surface area contributed by atoms with Gasteiger partial charge in [0, 0.05) is 5.02 Å². The van der Waals surface area contributed by atoms with Crippen molar-refractivity contribution in [1.29, 1.82) is 0 Å². The minimum Gasteiger partial charge on any atom is -0.497 e. The van der Waals surface area contributed by atoms with Crippen molar-refractivity contribution in [3.05, 3.63) is 89.4 Å². The lowest BCUT2D eigenvalue weighted by Crippen LogP contribution is -2.37. The maximum absolute atomic E-state index is 13.5. The zero-order valence-electron chi connectivity index (χ0n) is 16.6. The van der Waals surface area contributed by atoms with Crippen LogP contribution >= 0.6 is 11.6 Å². The number of hydrogen-bond acceptors (Lipinski definition) is 5. The molecule has 0 bridgehead atoms. The van der Waals surface area contributed by atoms with E-state index in [4.69, 9.17) is 21.2 Å². The van der Waals surface area contributed by atoms with E-state index < -0.39 is 18.1 Å². The summed E-state index contributed by atoms with van der Waals surface area (Å²) in [6.45, 7) is 0. The lowest BCUT2D eigenvalue weighted by Gasteiger charge is -2.28. The molecular formula is C24H19ClN2O4. The van der Waals surface area contributed by atoms with Gasteiger partial charge in [-0.3, -0.25) is 14.4 Å². The van der Waals surface area contributed by atoms with Gasteiger partial charge in [0.25, 0.3) is 5.91 Å². The van der Waals surface area contributed by atoms with Gasteiger partial charge < -0.3 is 4.74 Å². The zero-order chi connectivity index (χ0) is 21.5. The summed E-state index contributed by atoms with van der Waals surface area (Å²) in [6, 6.07) is 23.1. The second-order valence-corrected chi connectivity index (χ2v) is 7.86. The molecule has 0 radical (unpaired) electrons. The van der Waals surface area contributed by atoms with E-state index in [1.807, 2.05) is 42.5 Å². The van der Waals surface area contributed by atoms with Crippen LogP contribution in [0.15, 0.2) is 78.9 Å². The summed E-state index contributed by atoms with van der Waals surface area (Å²) in [7, 11) is 1.56. The van der Waals surface area contributed by atoms with Crippen LogP contribution in [-0.2, 0) is 14.4 Å². The molecule has 6 nitrogen and oxygen atoms in total. The number of methoxy groups -OCH3 is 1. The fourth-order valence-electron chi connectivity index (χ4n) is 4.20. The lowest BCUT2D eigenvalue weighted by molar-refractivity contribution is -0.126. The summed E-state index contributed by atoms with van der Waals surface area (Å²) in [5.74, 6) is -0.708. The number of hydroxylamine groups is 1. The van der Waals surface area contributed by atoms with Crippen LogP contribution in [0, 0.1) is 5.92 Å². The van der Waals surface area contributed by atoms with E-state index in [9.17, 15) is 9.59 Å². The number of anilines is 2. The minimum absolute atomic E-state index is 0.293. The van der Waals surface area contributed by atoms with E-state index in [-0.39, 0.29) is 11.8 Å². The summed E-state index contributed by atoms with van der Waals surface area (Å²) >= 11 is 6.08. The van der Waals surface area contributed by atoms with Crippen molar-refractivity contribution < 1.29 is 19.2 Å². The van der Waals surface area contributed by atoms with Crippen molar-refractivity contribution in [2.24, 2.45) is 5.92 Å². The van der Waals surface area contributed by atoms with Crippen LogP contribution in [0.2, 0.25) is 5.02 Å². The van der Waals surface area contributed by atoms with Gasteiger partial charge in [0.1, 0.15) is 11.7 Å². The molecule has 2 saturated heterocycles. The highest BCUT2D eigenvalue weighted by atomic mass is 35.5. The van der Waals surface area contributed by atoms with Crippen molar-refractivity contribution in [1.82, 2.24) is 0 Å². The van der Waals surface area contributed by atoms with Crippen molar-refractivity contribution in [3.8, 4) is 5.75 Å². The number of ether oxygens (including phenoxy) is 1. The quantitative estimate of drug-likeness (QED) is 0.570. The Morgan fingerprint density at radius 2 is 1.52 bits per heavy atom. The van der Waals surface area contributed by atoms with E-state index >= 15 is 0 Å². The van der Waals surface area contributed by atoms with Gasteiger partial charge in [-0.2, -0.15) is 0 Å². The Morgan fingerprint density at radius 1 is 0.839 bits per heavy atom. The summed E-state index contributed by atoms with van der Waals surface area (Å²) in [5.41, 5.74) is 2.11. The van der Waals surface area contributed by atoms with Gasteiger partial charge >= 0.3 is 0 Å². The first-order chi connectivity index (χ1) is 15.1.